The van der Waals surface area contributed by atoms with Gasteiger partial charge in [-0.1, -0.05) is 18.2 Å². The maximum Gasteiger partial charge on any atom is 0.261 e. The van der Waals surface area contributed by atoms with Crippen LogP contribution in [-0.4, -0.2) is 30.8 Å². The Kier molecular flexibility index (Phi) is 6.08. The van der Waals surface area contributed by atoms with E-state index in [1.54, 1.807) is 41.2 Å². The van der Waals surface area contributed by atoms with E-state index >= 15 is 0 Å². The summed E-state index contributed by atoms with van der Waals surface area (Å²) < 4.78 is 27.8. The predicted molar refractivity (Wildman–Crippen MR) is 124 cm³/mol. The van der Waals surface area contributed by atoms with Crippen molar-refractivity contribution in [2.24, 2.45) is 0 Å². The van der Waals surface area contributed by atoms with Gasteiger partial charge in [0.05, 0.1) is 17.2 Å². The van der Waals surface area contributed by atoms with Gasteiger partial charge in [-0.05, 0) is 62.4 Å². The molecular weight excluding hydrogens is 413 g/mol. The monoisotopic (exact) mass is 441 g/mol. The molecule has 1 atom stereocenters. The van der Waals surface area contributed by atoms with Gasteiger partial charge in [0.25, 0.3) is 5.56 Å². The van der Waals surface area contributed by atoms with Crippen LogP contribution in [0, 0.1) is 5.82 Å². The molecule has 1 N–H and O–H groups in total. The SMILES string of the molecule is CS(=O)C(C)(C)CCn1cnc2cc(-c3ccc(CNC4CC4)cc3F)ccc2c1=O. The zero-order valence-electron chi connectivity index (χ0n) is 18.2. The molecule has 0 amide bonds. The number of nitrogens with one attached hydrogen (secondary N) is 1. The number of nitrogens with zero attached hydrogens (tertiary/aromatic N) is 2. The highest BCUT2D eigenvalue weighted by Crippen LogP contribution is 2.26. The van der Waals surface area contributed by atoms with Crippen molar-refractivity contribution in [1.82, 2.24) is 14.9 Å². The molecule has 0 spiro atoms. The average molecular weight is 442 g/mol. The summed E-state index contributed by atoms with van der Waals surface area (Å²) in [7, 11) is -0.988. The lowest BCUT2D eigenvalue weighted by Gasteiger charge is -2.21. The maximum absolute atomic E-state index is 14.8. The van der Waals surface area contributed by atoms with Gasteiger partial charge in [-0.2, -0.15) is 0 Å². The minimum absolute atomic E-state index is 0.142. The van der Waals surface area contributed by atoms with Crippen molar-refractivity contribution < 1.29 is 8.60 Å². The Labute approximate surface area is 184 Å². The molecule has 2 aromatic carbocycles. The fourth-order valence-electron chi connectivity index (χ4n) is 3.47. The summed E-state index contributed by atoms with van der Waals surface area (Å²) >= 11 is 0. The molecule has 0 aliphatic heterocycles. The third-order valence-electron chi connectivity index (χ3n) is 6.07. The van der Waals surface area contributed by atoms with E-state index in [1.165, 1.54) is 19.2 Å². The summed E-state index contributed by atoms with van der Waals surface area (Å²) in [6.07, 6.45) is 6.20. The second kappa shape index (κ2) is 8.63. The van der Waals surface area contributed by atoms with Crippen LogP contribution in [0.2, 0.25) is 0 Å². The molecule has 1 aliphatic carbocycles. The first kappa shape index (κ1) is 21.8. The van der Waals surface area contributed by atoms with Crippen LogP contribution in [0.1, 0.15) is 38.7 Å². The first-order valence-corrected chi connectivity index (χ1v) is 12.2. The summed E-state index contributed by atoms with van der Waals surface area (Å²) in [4.78, 5) is 17.3. The first-order chi connectivity index (χ1) is 14.7. The van der Waals surface area contributed by atoms with Crippen molar-refractivity contribution >= 4 is 21.7 Å². The Bertz CT molecular complexity index is 1200. The Morgan fingerprint density at radius 1 is 1.23 bits per heavy atom. The van der Waals surface area contributed by atoms with E-state index in [0.717, 1.165) is 5.56 Å². The van der Waals surface area contributed by atoms with Crippen molar-refractivity contribution in [3.05, 3.63) is 64.5 Å². The van der Waals surface area contributed by atoms with Gasteiger partial charge in [0.1, 0.15) is 5.82 Å². The lowest BCUT2D eigenvalue weighted by atomic mass is 10.0. The van der Waals surface area contributed by atoms with Crippen molar-refractivity contribution in [2.75, 3.05) is 6.26 Å². The molecule has 31 heavy (non-hydrogen) atoms. The second-order valence-electron chi connectivity index (χ2n) is 8.91. The number of fused-ring (bicyclic) bond motifs is 1. The number of rotatable bonds is 8. The number of hydrogen-bond donors (Lipinski definition) is 1. The third-order valence-corrected chi connectivity index (χ3v) is 7.84. The fourth-order valence-corrected chi connectivity index (χ4v) is 3.85. The standard InChI is InChI=1S/C24H28FN3O2S/c1-24(2,31(3)30)10-11-28-15-27-22-13-17(5-9-20(22)23(28)29)19-8-4-16(12-21(19)25)14-26-18-6-7-18/h4-5,8-9,12-13,15,18,26H,6-7,10-11,14H2,1-3H3. The molecule has 0 bridgehead atoms. The highest BCUT2D eigenvalue weighted by Gasteiger charge is 2.23. The molecule has 1 heterocycles. The highest BCUT2D eigenvalue weighted by molar-refractivity contribution is 7.85. The Hall–Kier alpha value is -2.38. The predicted octanol–water partition coefficient (Wildman–Crippen LogP) is 4.00. The summed E-state index contributed by atoms with van der Waals surface area (Å²) in [5, 5.41) is 3.88. The van der Waals surface area contributed by atoms with E-state index in [4.69, 9.17) is 0 Å². The summed E-state index contributed by atoms with van der Waals surface area (Å²) in [5.41, 5.74) is 2.51. The van der Waals surface area contributed by atoms with Gasteiger partial charge in [-0.15, -0.1) is 0 Å². The second-order valence-corrected chi connectivity index (χ2v) is 10.9. The summed E-state index contributed by atoms with van der Waals surface area (Å²) in [5.74, 6) is -0.280. The van der Waals surface area contributed by atoms with Gasteiger partial charge in [0, 0.05) is 46.5 Å². The van der Waals surface area contributed by atoms with Crippen LogP contribution >= 0.6 is 0 Å². The lowest BCUT2D eigenvalue weighted by molar-refractivity contribution is 0.524. The van der Waals surface area contributed by atoms with Crippen molar-refractivity contribution in [2.45, 2.75) is 57.0 Å². The van der Waals surface area contributed by atoms with Crippen molar-refractivity contribution in [3.63, 3.8) is 0 Å². The van der Waals surface area contributed by atoms with Gasteiger partial charge in [-0.3, -0.25) is 13.6 Å². The number of benzene rings is 2. The molecular formula is C24H28FN3O2S. The Morgan fingerprint density at radius 3 is 2.68 bits per heavy atom. The molecule has 0 radical (unpaired) electrons. The summed E-state index contributed by atoms with van der Waals surface area (Å²) in [6, 6.07) is 11.1. The van der Waals surface area contributed by atoms with Crippen LogP contribution in [0.15, 0.2) is 47.5 Å². The lowest BCUT2D eigenvalue weighted by Crippen LogP contribution is -2.30. The number of aromatic nitrogens is 2. The molecule has 1 saturated carbocycles. The zero-order valence-corrected chi connectivity index (χ0v) is 19.0. The Balaban J connectivity index is 1.57. The molecule has 5 nitrogen and oxygen atoms in total. The van der Waals surface area contributed by atoms with Gasteiger partial charge in [0.2, 0.25) is 0 Å². The minimum atomic E-state index is -0.988. The normalized spacial score (nSPS) is 15.4. The van der Waals surface area contributed by atoms with Gasteiger partial charge in [0.15, 0.2) is 0 Å². The molecule has 1 fully saturated rings. The molecule has 1 aromatic heterocycles. The number of hydrogen-bond acceptors (Lipinski definition) is 4. The molecule has 0 saturated heterocycles. The van der Waals surface area contributed by atoms with Gasteiger partial charge < -0.3 is 5.32 Å². The zero-order chi connectivity index (χ0) is 22.2. The molecule has 4 rings (SSSR count). The highest BCUT2D eigenvalue weighted by atomic mass is 32.2. The molecule has 1 unspecified atom stereocenters. The van der Waals surface area contributed by atoms with E-state index in [1.807, 2.05) is 19.9 Å². The van der Waals surface area contributed by atoms with Crippen molar-refractivity contribution in [1.29, 1.82) is 0 Å². The van der Waals surface area contributed by atoms with E-state index in [0.29, 0.717) is 47.6 Å². The topological polar surface area (TPSA) is 64.0 Å². The molecule has 3 aromatic rings. The maximum atomic E-state index is 14.8. The molecule has 164 valence electrons. The van der Waals surface area contributed by atoms with Crippen LogP contribution < -0.4 is 10.9 Å². The average Bonchev–Trinajstić information content (AvgIpc) is 3.56. The van der Waals surface area contributed by atoms with E-state index < -0.39 is 10.8 Å². The first-order valence-electron chi connectivity index (χ1n) is 10.6. The third kappa shape index (κ3) is 4.93. The van der Waals surface area contributed by atoms with Gasteiger partial charge in [-0.25, -0.2) is 9.37 Å². The van der Waals surface area contributed by atoms with E-state index in [2.05, 4.69) is 10.3 Å². The van der Waals surface area contributed by atoms with Crippen LogP contribution in [0.25, 0.3) is 22.0 Å². The molecule has 1 aliphatic rings. The van der Waals surface area contributed by atoms with Crippen LogP contribution in [0.5, 0.6) is 0 Å². The smallest absolute Gasteiger partial charge is 0.261 e. The van der Waals surface area contributed by atoms with Crippen molar-refractivity contribution in [3.8, 4) is 11.1 Å². The van der Waals surface area contributed by atoms with Gasteiger partial charge >= 0.3 is 0 Å². The number of halogens is 1. The quantitative estimate of drug-likeness (QED) is 0.574. The minimum Gasteiger partial charge on any atom is -0.310 e. The van der Waals surface area contributed by atoms with E-state index in [9.17, 15) is 13.4 Å². The molecule has 7 heteroatoms. The van der Waals surface area contributed by atoms with Crippen LogP contribution in [-0.2, 0) is 23.9 Å². The fraction of sp³-hybridized carbons (Fsp3) is 0.417. The largest absolute Gasteiger partial charge is 0.310 e. The van der Waals surface area contributed by atoms with E-state index in [-0.39, 0.29) is 16.1 Å². The van der Waals surface area contributed by atoms with Crippen LogP contribution in [0.4, 0.5) is 4.39 Å². The summed E-state index contributed by atoms with van der Waals surface area (Å²) in [6.45, 7) is 4.97. The Morgan fingerprint density at radius 2 is 2.00 bits per heavy atom. The number of aryl methyl sites for hydroxylation is 1. The van der Waals surface area contributed by atoms with Crippen LogP contribution in [0.3, 0.4) is 0 Å².